The van der Waals surface area contributed by atoms with Gasteiger partial charge in [-0.1, -0.05) is 22.0 Å². The van der Waals surface area contributed by atoms with Crippen LogP contribution in [0.4, 0.5) is 18.9 Å². The Balaban J connectivity index is 2.38. The van der Waals surface area contributed by atoms with Crippen molar-refractivity contribution in [3.63, 3.8) is 0 Å². The molecule has 0 atom stereocenters. The molecule has 1 aliphatic rings. The second kappa shape index (κ2) is 5.48. The van der Waals surface area contributed by atoms with E-state index in [0.29, 0.717) is 37.2 Å². The molecule has 1 heterocycles. The molecule has 2 nitrogen and oxygen atoms in total. The number of hydrogen-bond donors (Lipinski definition) is 0. The number of hydrogen-bond acceptors (Lipinski definition) is 2. The smallest absolute Gasteiger partial charge is 0.378 e. The van der Waals surface area contributed by atoms with E-state index < -0.39 is 11.7 Å². The predicted octanol–water partition coefficient (Wildman–Crippen LogP) is 3.44. The van der Waals surface area contributed by atoms with Crippen molar-refractivity contribution in [2.45, 2.75) is 11.5 Å². The summed E-state index contributed by atoms with van der Waals surface area (Å²) in [5.41, 5.74) is 0.302. The van der Waals surface area contributed by atoms with Gasteiger partial charge in [0.15, 0.2) is 0 Å². The van der Waals surface area contributed by atoms with Gasteiger partial charge in [0.05, 0.1) is 18.8 Å². The number of nitrogens with zero attached hydrogens (tertiary/aromatic N) is 1. The van der Waals surface area contributed by atoms with Crippen LogP contribution >= 0.6 is 15.9 Å². The first-order valence-corrected chi connectivity index (χ1v) is 6.73. The van der Waals surface area contributed by atoms with Gasteiger partial charge >= 0.3 is 6.18 Å². The number of ether oxygens (including phenoxy) is 1. The molecule has 0 saturated carbocycles. The first kappa shape index (κ1) is 13.7. The Kier molecular flexibility index (Phi) is 4.17. The van der Waals surface area contributed by atoms with E-state index in [1.807, 2.05) is 0 Å². The number of benzene rings is 1. The molecule has 0 N–H and O–H groups in total. The number of anilines is 1. The molecule has 1 saturated heterocycles. The zero-order chi connectivity index (χ0) is 13.2. The molecule has 0 aromatic heterocycles. The number of morpholine rings is 1. The Morgan fingerprint density at radius 1 is 1.22 bits per heavy atom. The summed E-state index contributed by atoms with van der Waals surface area (Å²) in [4.78, 5) is 1.73. The van der Waals surface area contributed by atoms with E-state index in [1.54, 1.807) is 17.0 Å². The molecule has 0 radical (unpaired) electrons. The Bertz CT molecular complexity index is 416. The van der Waals surface area contributed by atoms with Crippen molar-refractivity contribution in [3.05, 3.63) is 29.3 Å². The molecule has 1 aromatic rings. The second-order valence-electron chi connectivity index (χ2n) is 4.08. The highest BCUT2D eigenvalue weighted by Gasteiger charge is 2.35. The van der Waals surface area contributed by atoms with Crippen molar-refractivity contribution >= 4 is 21.6 Å². The SMILES string of the molecule is FC(F)(F)c1cc(CBr)ccc1N1CCOCC1. The topological polar surface area (TPSA) is 12.5 Å². The van der Waals surface area contributed by atoms with Crippen molar-refractivity contribution in [3.8, 4) is 0 Å². The average molecular weight is 324 g/mol. The van der Waals surface area contributed by atoms with Crippen molar-refractivity contribution < 1.29 is 17.9 Å². The molecule has 0 spiro atoms. The molecule has 0 bridgehead atoms. The number of rotatable bonds is 2. The third-order valence-electron chi connectivity index (χ3n) is 2.87. The van der Waals surface area contributed by atoms with Crippen LogP contribution in [0.25, 0.3) is 0 Å². The van der Waals surface area contributed by atoms with Crippen LogP contribution in [0.1, 0.15) is 11.1 Å². The van der Waals surface area contributed by atoms with Crippen LogP contribution in [0.2, 0.25) is 0 Å². The van der Waals surface area contributed by atoms with Crippen molar-refractivity contribution in [2.75, 3.05) is 31.2 Å². The van der Waals surface area contributed by atoms with Gasteiger partial charge in [-0.2, -0.15) is 13.2 Å². The van der Waals surface area contributed by atoms with E-state index in [4.69, 9.17) is 4.74 Å². The quantitative estimate of drug-likeness (QED) is 0.773. The first-order chi connectivity index (χ1) is 8.52. The lowest BCUT2D eigenvalue weighted by Gasteiger charge is -2.31. The molecule has 18 heavy (non-hydrogen) atoms. The van der Waals surface area contributed by atoms with E-state index in [-0.39, 0.29) is 5.69 Å². The molecule has 0 amide bonds. The highest BCUT2D eigenvalue weighted by molar-refractivity contribution is 9.08. The zero-order valence-electron chi connectivity index (χ0n) is 9.63. The van der Waals surface area contributed by atoms with Crippen LogP contribution in [0.15, 0.2) is 18.2 Å². The van der Waals surface area contributed by atoms with Crippen molar-refractivity contribution in [2.24, 2.45) is 0 Å². The third-order valence-corrected chi connectivity index (χ3v) is 3.52. The third kappa shape index (κ3) is 2.98. The molecule has 0 unspecified atom stereocenters. The van der Waals surface area contributed by atoms with Crippen molar-refractivity contribution in [1.82, 2.24) is 0 Å². The lowest BCUT2D eigenvalue weighted by Crippen LogP contribution is -2.37. The lowest BCUT2D eigenvalue weighted by molar-refractivity contribution is -0.137. The summed E-state index contributed by atoms with van der Waals surface area (Å²) >= 11 is 3.18. The Morgan fingerprint density at radius 3 is 2.44 bits per heavy atom. The largest absolute Gasteiger partial charge is 0.418 e. The van der Waals surface area contributed by atoms with Gasteiger partial charge in [0.1, 0.15) is 0 Å². The fourth-order valence-electron chi connectivity index (χ4n) is 1.97. The standard InChI is InChI=1S/C12H13BrF3NO/c13-8-9-1-2-11(10(7-9)12(14,15)16)17-3-5-18-6-4-17/h1-2,7H,3-6,8H2. The maximum atomic E-state index is 13.0. The normalized spacial score (nSPS) is 17.0. The predicted molar refractivity (Wildman–Crippen MR) is 67.1 cm³/mol. The van der Waals surface area contributed by atoms with E-state index in [2.05, 4.69) is 15.9 Å². The zero-order valence-corrected chi connectivity index (χ0v) is 11.2. The first-order valence-electron chi connectivity index (χ1n) is 5.61. The van der Waals surface area contributed by atoms with E-state index >= 15 is 0 Å². The monoisotopic (exact) mass is 323 g/mol. The minimum absolute atomic E-state index is 0.246. The summed E-state index contributed by atoms with van der Waals surface area (Å²) in [7, 11) is 0. The molecule has 0 aliphatic carbocycles. The van der Waals surface area contributed by atoms with Crippen LogP contribution in [0.5, 0.6) is 0 Å². The van der Waals surface area contributed by atoms with E-state index in [1.165, 1.54) is 6.07 Å². The van der Waals surface area contributed by atoms with Crippen LogP contribution in [-0.2, 0) is 16.2 Å². The summed E-state index contributed by atoms with van der Waals surface area (Å²) in [6.45, 7) is 1.93. The average Bonchev–Trinajstić information content (AvgIpc) is 2.38. The van der Waals surface area contributed by atoms with E-state index in [0.717, 1.165) is 0 Å². The summed E-state index contributed by atoms with van der Waals surface area (Å²) in [5, 5.41) is 0.416. The van der Waals surface area contributed by atoms with Gasteiger partial charge in [0.2, 0.25) is 0 Å². The fraction of sp³-hybridized carbons (Fsp3) is 0.500. The van der Waals surface area contributed by atoms with Gasteiger partial charge in [-0.05, 0) is 17.7 Å². The molecule has 6 heteroatoms. The van der Waals surface area contributed by atoms with Gasteiger partial charge in [0, 0.05) is 24.1 Å². The van der Waals surface area contributed by atoms with Gasteiger partial charge in [0.25, 0.3) is 0 Å². The van der Waals surface area contributed by atoms with Crippen LogP contribution in [0.3, 0.4) is 0 Å². The minimum Gasteiger partial charge on any atom is -0.378 e. The van der Waals surface area contributed by atoms with Crippen LogP contribution in [0, 0.1) is 0 Å². The molecule has 1 aliphatic heterocycles. The van der Waals surface area contributed by atoms with E-state index in [9.17, 15) is 13.2 Å². The maximum Gasteiger partial charge on any atom is 0.418 e. The highest BCUT2D eigenvalue weighted by atomic mass is 79.9. The summed E-state index contributed by atoms with van der Waals surface area (Å²) in [6.07, 6.45) is -4.33. The molecule has 2 rings (SSSR count). The second-order valence-corrected chi connectivity index (χ2v) is 4.64. The summed E-state index contributed by atoms with van der Waals surface area (Å²) < 4.78 is 44.3. The maximum absolute atomic E-state index is 13.0. The number of halogens is 4. The van der Waals surface area contributed by atoms with Crippen molar-refractivity contribution in [1.29, 1.82) is 0 Å². The Labute approximate surface area is 112 Å². The van der Waals surface area contributed by atoms with Crippen LogP contribution < -0.4 is 4.90 Å². The highest BCUT2D eigenvalue weighted by Crippen LogP contribution is 2.37. The number of alkyl halides is 4. The molecule has 100 valence electrons. The van der Waals surface area contributed by atoms with Crippen LogP contribution in [-0.4, -0.2) is 26.3 Å². The Morgan fingerprint density at radius 2 is 1.89 bits per heavy atom. The lowest BCUT2D eigenvalue weighted by atomic mass is 10.1. The minimum atomic E-state index is -4.33. The Hall–Kier alpha value is -0.750. The van der Waals surface area contributed by atoms with Gasteiger partial charge in [-0.25, -0.2) is 0 Å². The molecular formula is C12H13BrF3NO. The summed E-state index contributed by atoms with van der Waals surface area (Å²) in [5.74, 6) is 0. The molecular weight excluding hydrogens is 311 g/mol. The van der Waals surface area contributed by atoms with Gasteiger partial charge in [-0.15, -0.1) is 0 Å². The fourth-order valence-corrected chi connectivity index (χ4v) is 2.32. The molecule has 1 fully saturated rings. The van der Waals surface area contributed by atoms with Gasteiger partial charge in [-0.3, -0.25) is 0 Å². The molecule has 1 aromatic carbocycles. The van der Waals surface area contributed by atoms with Gasteiger partial charge < -0.3 is 9.64 Å². The summed E-state index contributed by atoms with van der Waals surface area (Å²) in [6, 6.07) is 4.47.